The molecule has 2 aromatic carbocycles. The lowest BCUT2D eigenvalue weighted by atomic mass is 10.0. The van der Waals surface area contributed by atoms with Gasteiger partial charge in [-0.1, -0.05) is 43.0 Å². The van der Waals surface area contributed by atoms with Gasteiger partial charge in [-0.15, -0.1) is 0 Å². The van der Waals surface area contributed by atoms with Crippen LogP contribution in [0.15, 0.2) is 60.8 Å². The van der Waals surface area contributed by atoms with Gasteiger partial charge in [0.1, 0.15) is 11.9 Å². The number of halogens is 1. The van der Waals surface area contributed by atoms with E-state index in [0.717, 1.165) is 29.7 Å². The summed E-state index contributed by atoms with van der Waals surface area (Å²) in [5.41, 5.74) is 3.90. The Hall–Kier alpha value is -2.66. The van der Waals surface area contributed by atoms with Gasteiger partial charge in [0.05, 0.1) is 6.61 Å². The van der Waals surface area contributed by atoms with Gasteiger partial charge < -0.3 is 15.4 Å². The van der Waals surface area contributed by atoms with E-state index in [1.54, 1.807) is 26.2 Å². The lowest BCUT2D eigenvalue weighted by Gasteiger charge is -2.18. The van der Waals surface area contributed by atoms with Crippen LogP contribution in [0.1, 0.15) is 23.6 Å². The number of methoxy groups -OCH3 is 1. The molecular weight excluding hydrogens is 343 g/mol. The zero-order chi connectivity index (χ0) is 19.6. The molecule has 2 N–H and O–H groups in total. The van der Waals surface area contributed by atoms with Crippen molar-refractivity contribution in [3.63, 3.8) is 0 Å². The lowest BCUT2D eigenvalue weighted by molar-refractivity contribution is -0.124. The van der Waals surface area contributed by atoms with Crippen LogP contribution in [0, 0.1) is 5.82 Å². The molecule has 27 heavy (non-hydrogen) atoms. The van der Waals surface area contributed by atoms with Gasteiger partial charge in [-0.25, -0.2) is 4.39 Å². The van der Waals surface area contributed by atoms with Crippen molar-refractivity contribution in [2.75, 3.05) is 13.7 Å². The van der Waals surface area contributed by atoms with Crippen molar-refractivity contribution >= 4 is 5.91 Å². The van der Waals surface area contributed by atoms with Crippen molar-refractivity contribution in [1.29, 1.82) is 0 Å². The maximum atomic E-state index is 13.2. The summed E-state index contributed by atoms with van der Waals surface area (Å²) in [4.78, 5) is 12.3. The van der Waals surface area contributed by atoms with Gasteiger partial charge in [-0.3, -0.25) is 4.79 Å². The van der Waals surface area contributed by atoms with Gasteiger partial charge in [-0.2, -0.15) is 0 Å². The highest BCUT2D eigenvalue weighted by atomic mass is 19.1. The molecule has 0 fully saturated rings. The zero-order valence-corrected chi connectivity index (χ0v) is 15.9. The molecule has 5 heteroatoms. The predicted octanol–water partition coefficient (Wildman–Crippen LogP) is 3.37. The van der Waals surface area contributed by atoms with Crippen LogP contribution in [-0.4, -0.2) is 25.7 Å². The standard InChI is InChI=1S/C22H27FN2O2/c1-16(2)25-21(15-27-3)22(26)24-14-19-11-8-17(9-12-19)7-10-18-5-4-6-20(23)13-18/h4-6,8-9,11-13,21,25H,1,7,10,14-15H2,2-3H3,(H,24,26)/t21-/m1/s1. The molecule has 0 aliphatic carbocycles. The van der Waals surface area contributed by atoms with Gasteiger partial charge >= 0.3 is 0 Å². The summed E-state index contributed by atoms with van der Waals surface area (Å²) in [5, 5.41) is 5.91. The van der Waals surface area contributed by atoms with E-state index >= 15 is 0 Å². The first-order chi connectivity index (χ1) is 13.0. The predicted molar refractivity (Wildman–Crippen MR) is 106 cm³/mol. The molecule has 0 aromatic heterocycles. The fourth-order valence-corrected chi connectivity index (χ4v) is 2.76. The summed E-state index contributed by atoms with van der Waals surface area (Å²) >= 11 is 0. The van der Waals surface area contributed by atoms with E-state index in [-0.39, 0.29) is 18.3 Å². The maximum Gasteiger partial charge on any atom is 0.245 e. The number of allylic oxidation sites excluding steroid dienone is 1. The van der Waals surface area contributed by atoms with Crippen LogP contribution >= 0.6 is 0 Å². The molecule has 0 radical (unpaired) electrons. The first-order valence-electron chi connectivity index (χ1n) is 8.99. The van der Waals surface area contributed by atoms with E-state index < -0.39 is 6.04 Å². The van der Waals surface area contributed by atoms with Crippen molar-refractivity contribution < 1.29 is 13.9 Å². The number of hydrogen-bond acceptors (Lipinski definition) is 3. The molecule has 1 amide bonds. The fourth-order valence-electron chi connectivity index (χ4n) is 2.76. The minimum absolute atomic E-state index is 0.130. The second-order valence-corrected chi connectivity index (χ2v) is 6.60. The molecule has 0 saturated heterocycles. The van der Waals surface area contributed by atoms with Crippen LogP contribution in [0.3, 0.4) is 0 Å². The smallest absolute Gasteiger partial charge is 0.245 e. The quantitative estimate of drug-likeness (QED) is 0.674. The fraction of sp³-hybridized carbons (Fsp3) is 0.318. The largest absolute Gasteiger partial charge is 0.382 e. The second kappa shape index (κ2) is 10.5. The molecule has 0 unspecified atom stereocenters. The highest BCUT2D eigenvalue weighted by Gasteiger charge is 2.17. The van der Waals surface area contributed by atoms with Gasteiger partial charge in [0, 0.05) is 19.4 Å². The zero-order valence-electron chi connectivity index (χ0n) is 15.9. The third-order valence-electron chi connectivity index (χ3n) is 4.15. The average molecular weight is 370 g/mol. The van der Waals surface area contributed by atoms with Crippen molar-refractivity contribution in [1.82, 2.24) is 10.6 Å². The SMILES string of the molecule is C=C(C)N[C@H](COC)C(=O)NCc1ccc(CCc2cccc(F)c2)cc1. The van der Waals surface area contributed by atoms with E-state index in [4.69, 9.17) is 4.74 Å². The molecule has 144 valence electrons. The van der Waals surface area contributed by atoms with E-state index in [2.05, 4.69) is 17.2 Å². The lowest BCUT2D eigenvalue weighted by Crippen LogP contribution is -2.45. The Morgan fingerprint density at radius 1 is 1.11 bits per heavy atom. The summed E-state index contributed by atoms with van der Waals surface area (Å²) < 4.78 is 18.3. The average Bonchev–Trinajstić information content (AvgIpc) is 2.64. The highest BCUT2D eigenvalue weighted by Crippen LogP contribution is 2.10. The third kappa shape index (κ3) is 7.23. The third-order valence-corrected chi connectivity index (χ3v) is 4.15. The van der Waals surface area contributed by atoms with Crippen molar-refractivity contribution in [3.8, 4) is 0 Å². The minimum Gasteiger partial charge on any atom is -0.382 e. The van der Waals surface area contributed by atoms with Crippen LogP contribution < -0.4 is 10.6 Å². The Balaban J connectivity index is 1.84. The molecule has 0 aliphatic rings. The van der Waals surface area contributed by atoms with Gasteiger partial charge in [0.25, 0.3) is 0 Å². The number of nitrogens with one attached hydrogen (secondary N) is 2. The molecule has 0 saturated carbocycles. The number of carbonyl (C=O) groups is 1. The van der Waals surface area contributed by atoms with E-state index in [9.17, 15) is 9.18 Å². The van der Waals surface area contributed by atoms with Gasteiger partial charge in [0.15, 0.2) is 0 Å². The summed E-state index contributed by atoms with van der Waals surface area (Å²) in [6, 6.07) is 14.3. The minimum atomic E-state index is -0.460. The number of rotatable bonds is 10. The van der Waals surface area contributed by atoms with Crippen molar-refractivity contribution in [2.45, 2.75) is 32.4 Å². The van der Waals surface area contributed by atoms with Crippen molar-refractivity contribution in [2.24, 2.45) is 0 Å². The molecule has 0 heterocycles. The highest BCUT2D eigenvalue weighted by molar-refractivity contribution is 5.82. The van der Waals surface area contributed by atoms with Gasteiger partial charge in [-0.05, 0) is 48.6 Å². The molecule has 2 aromatic rings. The number of aryl methyl sites for hydroxylation is 2. The molecule has 0 spiro atoms. The van der Waals surface area contributed by atoms with Gasteiger partial charge in [0.2, 0.25) is 5.91 Å². The number of hydrogen-bond donors (Lipinski definition) is 2. The maximum absolute atomic E-state index is 13.2. The molecule has 0 bridgehead atoms. The molecule has 1 atom stereocenters. The van der Waals surface area contributed by atoms with E-state index in [1.165, 1.54) is 11.6 Å². The monoisotopic (exact) mass is 370 g/mol. The number of amides is 1. The topological polar surface area (TPSA) is 50.4 Å². The number of benzene rings is 2. The molecule has 2 rings (SSSR count). The van der Waals surface area contributed by atoms with Crippen LogP contribution in [-0.2, 0) is 28.9 Å². The summed E-state index contributed by atoms with van der Waals surface area (Å²) in [6.45, 7) is 6.29. The Morgan fingerprint density at radius 3 is 2.41 bits per heavy atom. The molecule has 0 aliphatic heterocycles. The van der Waals surface area contributed by atoms with Crippen LogP contribution in [0.25, 0.3) is 0 Å². The summed E-state index contributed by atoms with van der Waals surface area (Å²) in [5.74, 6) is -0.332. The first-order valence-corrected chi connectivity index (χ1v) is 8.99. The molecule has 4 nitrogen and oxygen atoms in total. The Kier molecular flexibility index (Phi) is 8.01. The second-order valence-electron chi connectivity index (χ2n) is 6.60. The first kappa shape index (κ1) is 20.6. The number of carbonyl (C=O) groups excluding carboxylic acids is 1. The summed E-state index contributed by atoms with van der Waals surface area (Å²) in [6.07, 6.45) is 1.63. The summed E-state index contributed by atoms with van der Waals surface area (Å²) in [7, 11) is 1.56. The molecular formula is C22H27FN2O2. The van der Waals surface area contributed by atoms with Crippen LogP contribution in [0.5, 0.6) is 0 Å². The van der Waals surface area contributed by atoms with E-state index in [1.807, 2.05) is 30.3 Å². The van der Waals surface area contributed by atoms with E-state index in [0.29, 0.717) is 6.54 Å². The van der Waals surface area contributed by atoms with Crippen molar-refractivity contribution in [3.05, 3.63) is 83.3 Å². The Labute approximate surface area is 160 Å². The van der Waals surface area contributed by atoms with Crippen LogP contribution in [0.4, 0.5) is 4.39 Å². The normalized spacial score (nSPS) is 11.7. The number of ether oxygens (including phenoxy) is 1. The Morgan fingerprint density at radius 2 is 1.78 bits per heavy atom. The van der Waals surface area contributed by atoms with Crippen LogP contribution in [0.2, 0.25) is 0 Å². The Bertz CT molecular complexity index is 759.